The Labute approximate surface area is 104 Å². The van der Waals surface area contributed by atoms with Gasteiger partial charge in [-0.25, -0.2) is 0 Å². The van der Waals surface area contributed by atoms with Gasteiger partial charge in [-0.15, -0.1) is 0 Å². The zero-order valence-electron chi connectivity index (χ0n) is 10.5. The third-order valence-electron chi connectivity index (χ3n) is 3.72. The highest BCUT2D eigenvalue weighted by molar-refractivity contribution is 5.16. The maximum absolute atomic E-state index is 9.10. The summed E-state index contributed by atoms with van der Waals surface area (Å²) in [5.74, 6) is 0.502. The Morgan fingerprint density at radius 2 is 1.82 bits per heavy atom. The predicted molar refractivity (Wildman–Crippen MR) is 68.8 cm³/mol. The number of hydrogen-bond acceptors (Lipinski definition) is 2. The summed E-state index contributed by atoms with van der Waals surface area (Å²) < 4.78 is 6.09. The molecule has 2 rings (SSSR count). The van der Waals surface area contributed by atoms with Crippen LogP contribution in [0.5, 0.6) is 0 Å². The van der Waals surface area contributed by atoms with Gasteiger partial charge < -0.3 is 9.84 Å². The van der Waals surface area contributed by atoms with Crippen LogP contribution in [0.25, 0.3) is 0 Å². The second kappa shape index (κ2) is 6.18. The molecule has 1 fully saturated rings. The van der Waals surface area contributed by atoms with E-state index >= 15 is 0 Å². The first-order chi connectivity index (χ1) is 8.29. The maximum atomic E-state index is 9.10. The molecule has 0 bridgehead atoms. The van der Waals surface area contributed by atoms with Crippen LogP contribution < -0.4 is 0 Å². The van der Waals surface area contributed by atoms with Crippen LogP contribution in [0, 0.1) is 5.92 Å². The highest BCUT2D eigenvalue weighted by Crippen LogP contribution is 2.29. The van der Waals surface area contributed by atoms with E-state index in [0.29, 0.717) is 18.6 Å². The van der Waals surface area contributed by atoms with E-state index in [1.807, 2.05) is 6.07 Å². The van der Waals surface area contributed by atoms with E-state index in [4.69, 9.17) is 9.84 Å². The van der Waals surface area contributed by atoms with Crippen LogP contribution >= 0.6 is 0 Å². The fourth-order valence-corrected chi connectivity index (χ4v) is 2.54. The molecule has 0 saturated heterocycles. The molecule has 0 aromatic heterocycles. The molecular formula is C15H22O2. The standard InChI is InChI=1S/C15H22O2/c1-12(14-5-3-2-4-6-14)17-15-9-7-13(11-16)8-10-15/h2-6,12-13,15-16H,7-11H2,1H3. The number of ether oxygens (including phenoxy) is 1. The highest BCUT2D eigenvalue weighted by Gasteiger charge is 2.22. The van der Waals surface area contributed by atoms with E-state index in [1.54, 1.807) is 0 Å². The van der Waals surface area contributed by atoms with Crippen LogP contribution in [0.2, 0.25) is 0 Å². The molecule has 2 nitrogen and oxygen atoms in total. The monoisotopic (exact) mass is 234 g/mol. The molecule has 0 spiro atoms. The zero-order chi connectivity index (χ0) is 12.1. The topological polar surface area (TPSA) is 29.5 Å². The highest BCUT2D eigenvalue weighted by atomic mass is 16.5. The molecule has 1 N–H and O–H groups in total. The van der Waals surface area contributed by atoms with Crippen LogP contribution in [0.3, 0.4) is 0 Å². The van der Waals surface area contributed by atoms with E-state index in [0.717, 1.165) is 25.7 Å². The van der Waals surface area contributed by atoms with Crippen molar-refractivity contribution < 1.29 is 9.84 Å². The van der Waals surface area contributed by atoms with E-state index in [9.17, 15) is 0 Å². The van der Waals surface area contributed by atoms with Gasteiger partial charge in [-0.05, 0) is 44.1 Å². The molecule has 94 valence electrons. The van der Waals surface area contributed by atoms with Crippen LogP contribution in [0.15, 0.2) is 30.3 Å². The van der Waals surface area contributed by atoms with Crippen molar-refractivity contribution in [2.45, 2.75) is 44.8 Å². The Balaban J connectivity index is 1.82. The lowest BCUT2D eigenvalue weighted by atomic mass is 9.88. The largest absolute Gasteiger partial charge is 0.396 e. The predicted octanol–water partition coefficient (Wildman–Crippen LogP) is 3.32. The lowest BCUT2D eigenvalue weighted by Crippen LogP contribution is -2.24. The Hall–Kier alpha value is -0.860. The fourth-order valence-electron chi connectivity index (χ4n) is 2.54. The van der Waals surface area contributed by atoms with Crippen LogP contribution in [-0.2, 0) is 4.74 Å². The van der Waals surface area contributed by atoms with Crippen molar-refractivity contribution in [1.29, 1.82) is 0 Å². The molecule has 0 heterocycles. The molecule has 1 aromatic rings. The van der Waals surface area contributed by atoms with Gasteiger partial charge in [0.25, 0.3) is 0 Å². The molecule has 0 aliphatic heterocycles. The molecule has 17 heavy (non-hydrogen) atoms. The summed E-state index contributed by atoms with van der Waals surface area (Å²) in [4.78, 5) is 0. The van der Waals surface area contributed by atoms with Crippen LogP contribution in [-0.4, -0.2) is 17.8 Å². The number of aliphatic hydroxyl groups is 1. The number of rotatable bonds is 4. The van der Waals surface area contributed by atoms with Crippen molar-refractivity contribution in [3.63, 3.8) is 0 Å². The molecule has 1 aliphatic carbocycles. The van der Waals surface area contributed by atoms with Gasteiger partial charge in [0.2, 0.25) is 0 Å². The Kier molecular flexibility index (Phi) is 4.57. The van der Waals surface area contributed by atoms with Gasteiger partial charge in [-0.1, -0.05) is 30.3 Å². The van der Waals surface area contributed by atoms with E-state index in [1.165, 1.54) is 5.56 Å². The average Bonchev–Trinajstić information content (AvgIpc) is 2.40. The lowest BCUT2D eigenvalue weighted by molar-refractivity contribution is -0.0332. The third-order valence-corrected chi connectivity index (χ3v) is 3.72. The van der Waals surface area contributed by atoms with Gasteiger partial charge in [0.15, 0.2) is 0 Å². The van der Waals surface area contributed by atoms with Crippen molar-refractivity contribution in [2.24, 2.45) is 5.92 Å². The molecule has 0 amide bonds. The van der Waals surface area contributed by atoms with Gasteiger partial charge in [0.05, 0.1) is 12.2 Å². The molecule has 1 aliphatic rings. The first kappa shape index (κ1) is 12.6. The van der Waals surface area contributed by atoms with Gasteiger partial charge in [0.1, 0.15) is 0 Å². The zero-order valence-corrected chi connectivity index (χ0v) is 10.5. The molecule has 1 atom stereocenters. The van der Waals surface area contributed by atoms with Crippen molar-refractivity contribution in [1.82, 2.24) is 0 Å². The van der Waals surface area contributed by atoms with Gasteiger partial charge in [-0.2, -0.15) is 0 Å². The Morgan fingerprint density at radius 3 is 2.41 bits per heavy atom. The van der Waals surface area contributed by atoms with Crippen LogP contribution in [0.4, 0.5) is 0 Å². The van der Waals surface area contributed by atoms with E-state index < -0.39 is 0 Å². The average molecular weight is 234 g/mol. The summed E-state index contributed by atoms with van der Waals surface area (Å²) in [6, 6.07) is 10.4. The van der Waals surface area contributed by atoms with E-state index in [-0.39, 0.29) is 6.10 Å². The lowest BCUT2D eigenvalue weighted by Gasteiger charge is -2.29. The molecule has 1 unspecified atom stereocenters. The SMILES string of the molecule is CC(OC1CCC(CO)CC1)c1ccccc1. The minimum atomic E-state index is 0.173. The molecular weight excluding hydrogens is 212 g/mol. The quantitative estimate of drug-likeness (QED) is 0.866. The van der Waals surface area contributed by atoms with Gasteiger partial charge in [-0.3, -0.25) is 0 Å². The number of benzene rings is 1. The van der Waals surface area contributed by atoms with Crippen molar-refractivity contribution in [3.05, 3.63) is 35.9 Å². The summed E-state index contributed by atoms with van der Waals surface area (Å²) in [6.45, 7) is 2.45. The maximum Gasteiger partial charge on any atom is 0.0800 e. The summed E-state index contributed by atoms with van der Waals surface area (Å²) in [5.41, 5.74) is 1.25. The van der Waals surface area contributed by atoms with Gasteiger partial charge in [0, 0.05) is 6.61 Å². The summed E-state index contributed by atoms with van der Waals surface area (Å²) in [7, 11) is 0. The van der Waals surface area contributed by atoms with Crippen LogP contribution in [0.1, 0.15) is 44.3 Å². The second-order valence-corrected chi connectivity index (χ2v) is 5.01. The molecule has 0 radical (unpaired) electrons. The van der Waals surface area contributed by atoms with Crippen molar-refractivity contribution in [2.75, 3.05) is 6.61 Å². The number of hydrogen-bond donors (Lipinski definition) is 1. The molecule has 2 heteroatoms. The first-order valence-corrected chi connectivity index (χ1v) is 6.61. The van der Waals surface area contributed by atoms with E-state index in [2.05, 4.69) is 31.2 Å². The summed E-state index contributed by atoms with van der Waals surface area (Å²) in [6.07, 6.45) is 4.91. The number of aliphatic hydroxyl groups excluding tert-OH is 1. The summed E-state index contributed by atoms with van der Waals surface area (Å²) in [5, 5.41) is 9.10. The van der Waals surface area contributed by atoms with Crippen molar-refractivity contribution in [3.8, 4) is 0 Å². The minimum absolute atomic E-state index is 0.173. The second-order valence-electron chi connectivity index (χ2n) is 5.01. The molecule has 1 aromatic carbocycles. The summed E-state index contributed by atoms with van der Waals surface area (Å²) >= 11 is 0. The third kappa shape index (κ3) is 3.55. The molecule has 1 saturated carbocycles. The minimum Gasteiger partial charge on any atom is -0.396 e. The smallest absolute Gasteiger partial charge is 0.0800 e. The first-order valence-electron chi connectivity index (χ1n) is 6.61. The Morgan fingerprint density at radius 1 is 1.18 bits per heavy atom. The fraction of sp³-hybridized carbons (Fsp3) is 0.600. The Bertz CT molecular complexity index is 315. The van der Waals surface area contributed by atoms with Gasteiger partial charge >= 0.3 is 0 Å². The normalized spacial score (nSPS) is 26.7. The van der Waals surface area contributed by atoms with Crippen molar-refractivity contribution >= 4 is 0 Å².